The molecule has 2 atom stereocenters. The average molecular weight is 408 g/mol. The van der Waals surface area contributed by atoms with Gasteiger partial charge in [-0.2, -0.15) is 11.8 Å². The minimum atomic E-state index is -0.649. The van der Waals surface area contributed by atoms with Crippen LogP contribution in [0.25, 0.3) is 0 Å². The van der Waals surface area contributed by atoms with Crippen molar-refractivity contribution in [2.45, 2.75) is 58.8 Å². The highest BCUT2D eigenvalue weighted by atomic mass is 32.2. The zero-order valence-electron chi connectivity index (χ0n) is 17.8. The lowest BCUT2D eigenvalue weighted by molar-refractivity contribution is -0.148. The Morgan fingerprint density at radius 2 is 1.71 bits per heavy atom. The van der Waals surface area contributed by atoms with Crippen LogP contribution in [0.5, 0.6) is 0 Å². The number of benzene rings is 1. The first-order valence-electron chi connectivity index (χ1n) is 9.74. The molecule has 0 saturated heterocycles. The largest absolute Gasteiger partial charge is 0.466 e. The predicted octanol–water partition coefficient (Wildman–Crippen LogP) is 4.11. The van der Waals surface area contributed by atoms with E-state index in [-0.39, 0.29) is 41.4 Å². The van der Waals surface area contributed by atoms with Crippen LogP contribution < -0.4 is 5.32 Å². The standard InChI is InChI=1S/C22H33NO4S/c1-7-27-21(26)17(14-28-22(4,5)6)13-18(24)19(15(2)3)23-20(25)16-11-9-8-10-12-16/h8-12,15,17,19H,7,13-14H2,1-6H3,(H,23,25)/t17-,19-/m0/s1. The van der Waals surface area contributed by atoms with Crippen LogP contribution in [0.15, 0.2) is 30.3 Å². The van der Waals surface area contributed by atoms with Gasteiger partial charge in [-0.15, -0.1) is 0 Å². The molecular formula is C22H33NO4S. The Bertz CT molecular complexity index is 652. The Balaban J connectivity index is 2.87. The number of esters is 1. The van der Waals surface area contributed by atoms with Crippen molar-refractivity contribution in [2.24, 2.45) is 11.8 Å². The summed E-state index contributed by atoms with van der Waals surface area (Å²) in [4.78, 5) is 37.8. The Kier molecular flexibility index (Phi) is 9.73. The van der Waals surface area contributed by atoms with Gasteiger partial charge in [0.1, 0.15) is 0 Å². The normalized spacial score (nSPS) is 13.7. The fraction of sp³-hybridized carbons (Fsp3) is 0.591. The Hall–Kier alpha value is -1.82. The molecule has 0 aliphatic carbocycles. The summed E-state index contributed by atoms with van der Waals surface area (Å²) in [5.74, 6) is -0.892. The molecule has 0 radical (unpaired) electrons. The van der Waals surface area contributed by atoms with Crippen molar-refractivity contribution in [3.8, 4) is 0 Å². The van der Waals surface area contributed by atoms with Gasteiger partial charge in [0.15, 0.2) is 5.78 Å². The number of Topliss-reactive ketones (excluding diaryl/α,β-unsaturated/α-hetero) is 1. The van der Waals surface area contributed by atoms with Gasteiger partial charge in [-0.05, 0) is 25.0 Å². The second-order valence-electron chi connectivity index (χ2n) is 8.10. The van der Waals surface area contributed by atoms with Crippen molar-refractivity contribution in [3.05, 3.63) is 35.9 Å². The van der Waals surface area contributed by atoms with Gasteiger partial charge in [-0.3, -0.25) is 14.4 Å². The number of carbonyl (C=O) groups is 3. The van der Waals surface area contributed by atoms with Crippen molar-refractivity contribution >= 4 is 29.4 Å². The van der Waals surface area contributed by atoms with E-state index >= 15 is 0 Å². The number of thioether (sulfide) groups is 1. The van der Waals surface area contributed by atoms with Crippen molar-refractivity contribution < 1.29 is 19.1 Å². The molecule has 1 N–H and O–H groups in total. The highest BCUT2D eigenvalue weighted by Gasteiger charge is 2.31. The summed E-state index contributed by atoms with van der Waals surface area (Å²) in [5, 5.41) is 2.83. The maximum absolute atomic E-state index is 13.0. The summed E-state index contributed by atoms with van der Waals surface area (Å²) in [6.45, 7) is 12.0. The Morgan fingerprint density at radius 3 is 2.21 bits per heavy atom. The van der Waals surface area contributed by atoms with Gasteiger partial charge in [0.2, 0.25) is 0 Å². The molecule has 0 spiro atoms. The van der Waals surface area contributed by atoms with E-state index in [1.54, 1.807) is 43.0 Å². The smallest absolute Gasteiger partial charge is 0.310 e. The number of rotatable bonds is 10. The SMILES string of the molecule is CCOC(=O)[C@H](CSC(C)(C)C)CC(=O)[C@@H](NC(=O)c1ccccc1)C(C)C. The Morgan fingerprint density at radius 1 is 1.11 bits per heavy atom. The van der Waals surface area contributed by atoms with E-state index in [9.17, 15) is 14.4 Å². The first-order chi connectivity index (χ1) is 13.0. The first-order valence-corrected chi connectivity index (χ1v) is 10.7. The van der Waals surface area contributed by atoms with E-state index in [4.69, 9.17) is 4.74 Å². The fourth-order valence-electron chi connectivity index (χ4n) is 2.62. The molecule has 1 rings (SSSR count). The monoisotopic (exact) mass is 407 g/mol. The maximum atomic E-state index is 13.0. The number of hydrogen-bond donors (Lipinski definition) is 1. The molecule has 0 bridgehead atoms. The van der Waals surface area contributed by atoms with E-state index in [0.717, 1.165) is 0 Å². The zero-order chi connectivity index (χ0) is 21.3. The van der Waals surface area contributed by atoms with E-state index in [1.165, 1.54) is 0 Å². The first kappa shape index (κ1) is 24.2. The van der Waals surface area contributed by atoms with Gasteiger partial charge >= 0.3 is 5.97 Å². The average Bonchev–Trinajstić information content (AvgIpc) is 2.62. The molecule has 156 valence electrons. The van der Waals surface area contributed by atoms with Crippen molar-refractivity contribution in [1.82, 2.24) is 5.32 Å². The van der Waals surface area contributed by atoms with Crippen LogP contribution in [0, 0.1) is 11.8 Å². The summed E-state index contributed by atoms with van der Waals surface area (Å²) in [6, 6.07) is 8.16. The molecule has 6 heteroatoms. The van der Waals surface area contributed by atoms with Crippen LogP contribution in [0.2, 0.25) is 0 Å². The highest BCUT2D eigenvalue weighted by molar-refractivity contribution is 8.00. The molecule has 0 unspecified atom stereocenters. The van der Waals surface area contributed by atoms with Gasteiger partial charge in [0.25, 0.3) is 5.91 Å². The molecular weight excluding hydrogens is 374 g/mol. The number of ether oxygens (including phenoxy) is 1. The summed E-state index contributed by atoms with van der Waals surface area (Å²) < 4.78 is 5.15. The van der Waals surface area contributed by atoms with Gasteiger partial charge in [-0.1, -0.05) is 52.8 Å². The number of amides is 1. The number of hydrogen-bond acceptors (Lipinski definition) is 5. The predicted molar refractivity (Wildman–Crippen MR) is 114 cm³/mol. The van der Waals surface area contributed by atoms with Gasteiger partial charge in [-0.25, -0.2) is 0 Å². The molecule has 28 heavy (non-hydrogen) atoms. The van der Waals surface area contributed by atoms with E-state index in [1.807, 2.05) is 19.9 Å². The Labute approximate surface area is 173 Å². The molecule has 1 amide bonds. The minimum Gasteiger partial charge on any atom is -0.466 e. The summed E-state index contributed by atoms with van der Waals surface area (Å²) in [5.41, 5.74) is 0.506. The molecule has 0 aliphatic heterocycles. The molecule has 0 fully saturated rings. The summed E-state index contributed by atoms with van der Waals surface area (Å²) in [6.07, 6.45) is 0.0554. The van der Waals surface area contributed by atoms with Crippen LogP contribution in [-0.4, -0.2) is 40.8 Å². The van der Waals surface area contributed by atoms with E-state index < -0.39 is 12.0 Å². The third-order valence-electron chi connectivity index (χ3n) is 4.12. The molecule has 1 aromatic rings. The van der Waals surface area contributed by atoms with Crippen LogP contribution in [0.3, 0.4) is 0 Å². The van der Waals surface area contributed by atoms with Crippen molar-refractivity contribution in [3.63, 3.8) is 0 Å². The molecule has 0 aromatic heterocycles. The second kappa shape index (κ2) is 11.2. The van der Waals surface area contributed by atoms with Gasteiger partial charge in [0, 0.05) is 22.5 Å². The molecule has 1 aromatic carbocycles. The van der Waals surface area contributed by atoms with Crippen LogP contribution in [-0.2, 0) is 14.3 Å². The topological polar surface area (TPSA) is 72.5 Å². The molecule has 0 heterocycles. The fourth-order valence-corrected chi connectivity index (χ4v) is 3.58. The van der Waals surface area contributed by atoms with Crippen LogP contribution >= 0.6 is 11.8 Å². The molecule has 5 nitrogen and oxygen atoms in total. The van der Waals surface area contributed by atoms with E-state index in [0.29, 0.717) is 11.3 Å². The molecule has 0 aliphatic rings. The maximum Gasteiger partial charge on any atom is 0.310 e. The summed E-state index contributed by atoms with van der Waals surface area (Å²) in [7, 11) is 0. The third kappa shape index (κ3) is 8.46. The zero-order valence-corrected chi connectivity index (χ0v) is 18.6. The number of carbonyl (C=O) groups excluding carboxylic acids is 3. The minimum absolute atomic E-state index is 0.0211. The summed E-state index contributed by atoms with van der Waals surface area (Å²) >= 11 is 1.63. The number of ketones is 1. The second-order valence-corrected chi connectivity index (χ2v) is 9.95. The van der Waals surface area contributed by atoms with Crippen LogP contribution in [0.4, 0.5) is 0 Å². The molecule has 0 saturated carbocycles. The van der Waals surface area contributed by atoms with Crippen molar-refractivity contribution in [2.75, 3.05) is 12.4 Å². The lowest BCUT2D eigenvalue weighted by Gasteiger charge is -2.25. The quantitative estimate of drug-likeness (QED) is 0.591. The lowest BCUT2D eigenvalue weighted by atomic mass is 9.93. The van der Waals surface area contributed by atoms with E-state index in [2.05, 4.69) is 26.1 Å². The highest BCUT2D eigenvalue weighted by Crippen LogP contribution is 2.27. The van der Waals surface area contributed by atoms with Crippen molar-refractivity contribution in [1.29, 1.82) is 0 Å². The van der Waals surface area contributed by atoms with Gasteiger partial charge in [0.05, 0.1) is 18.6 Å². The third-order valence-corrected chi connectivity index (χ3v) is 5.56. The lowest BCUT2D eigenvalue weighted by Crippen LogP contribution is -2.45. The van der Waals surface area contributed by atoms with Gasteiger partial charge < -0.3 is 10.1 Å². The number of nitrogens with one attached hydrogen (secondary N) is 1. The van der Waals surface area contributed by atoms with Crippen LogP contribution in [0.1, 0.15) is 58.3 Å².